The van der Waals surface area contributed by atoms with Crippen molar-refractivity contribution >= 4 is 41.2 Å². The second kappa shape index (κ2) is 7.39. The van der Waals surface area contributed by atoms with Gasteiger partial charge < -0.3 is 5.32 Å². The van der Waals surface area contributed by atoms with Gasteiger partial charge in [0.05, 0.1) is 11.4 Å². The zero-order valence-electron chi connectivity index (χ0n) is 12.0. The first-order valence-corrected chi connectivity index (χ1v) is 9.51. The number of carbonyl (C=O) groups excluding carboxylic acids is 1. The number of aromatic nitrogens is 2. The Kier molecular flexibility index (Phi) is 5.28. The molecule has 1 N–H and O–H groups in total. The fourth-order valence-electron chi connectivity index (χ4n) is 2.52. The number of carbonyl (C=O) groups is 1. The zero-order valence-corrected chi connectivity index (χ0v) is 14.5. The Labute approximate surface area is 142 Å². The number of nitrogens with one attached hydrogen (secondary N) is 1. The lowest BCUT2D eigenvalue weighted by molar-refractivity contribution is -0.119. The third-order valence-electron chi connectivity index (χ3n) is 3.58. The Hall–Kier alpha value is -1.18. The third kappa shape index (κ3) is 3.97. The van der Waals surface area contributed by atoms with Gasteiger partial charge in [0.1, 0.15) is 0 Å². The molecule has 1 aromatic heterocycles. The zero-order chi connectivity index (χ0) is 15.4. The SMILES string of the molecule is O=C(CSc1nn(-c2ccccc2)c(=S)s1)NC1CCCC1. The van der Waals surface area contributed by atoms with Crippen LogP contribution in [0.25, 0.3) is 5.69 Å². The molecule has 116 valence electrons. The highest BCUT2D eigenvalue weighted by Crippen LogP contribution is 2.24. The fourth-order valence-corrected chi connectivity index (χ4v) is 4.69. The molecule has 0 atom stereocenters. The smallest absolute Gasteiger partial charge is 0.230 e. The van der Waals surface area contributed by atoms with E-state index in [-0.39, 0.29) is 5.91 Å². The van der Waals surface area contributed by atoms with Gasteiger partial charge in [-0.2, -0.15) is 0 Å². The van der Waals surface area contributed by atoms with Crippen molar-refractivity contribution in [3.63, 3.8) is 0 Å². The van der Waals surface area contributed by atoms with Crippen LogP contribution in [0.1, 0.15) is 25.7 Å². The van der Waals surface area contributed by atoms with E-state index in [2.05, 4.69) is 10.4 Å². The van der Waals surface area contributed by atoms with Crippen LogP contribution in [-0.4, -0.2) is 27.5 Å². The van der Waals surface area contributed by atoms with Crippen LogP contribution in [0.3, 0.4) is 0 Å². The van der Waals surface area contributed by atoms with E-state index in [4.69, 9.17) is 12.2 Å². The number of para-hydroxylation sites is 1. The molecule has 1 aromatic carbocycles. The van der Waals surface area contributed by atoms with Crippen molar-refractivity contribution in [1.29, 1.82) is 0 Å². The van der Waals surface area contributed by atoms with E-state index in [1.54, 1.807) is 4.68 Å². The maximum absolute atomic E-state index is 11.9. The summed E-state index contributed by atoms with van der Waals surface area (Å²) >= 11 is 8.25. The molecule has 0 spiro atoms. The predicted octanol–water partition coefficient (Wildman–Crippen LogP) is 3.81. The molecule has 0 bridgehead atoms. The molecule has 22 heavy (non-hydrogen) atoms. The summed E-state index contributed by atoms with van der Waals surface area (Å²) in [6, 6.07) is 10.2. The largest absolute Gasteiger partial charge is 0.353 e. The third-order valence-corrected chi connectivity index (χ3v) is 5.94. The summed E-state index contributed by atoms with van der Waals surface area (Å²) in [4.78, 5) is 11.9. The molecule has 0 aliphatic heterocycles. The predicted molar refractivity (Wildman–Crippen MR) is 93.4 cm³/mol. The molecule has 0 saturated heterocycles. The van der Waals surface area contributed by atoms with Gasteiger partial charge in [-0.1, -0.05) is 54.1 Å². The normalized spacial score (nSPS) is 15.1. The van der Waals surface area contributed by atoms with Crippen molar-refractivity contribution in [3.8, 4) is 5.69 Å². The summed E-state index contributed by atoms with van der Waals surface area (Å²) < 4.78 is 3.28. The Morgan fingerprint density at radius 3 is 2.82 bits per heavy atom. The van der Waals surface area contributed by atoms with Crippen LogP contribution < -0.4 is 5.32 Å². The molecule has 1 fully saturated rings. The number of hydrogen-bond donors (Lipinski definition) is 1. The van der Waals surface area contributed by atoms with Gasteiger partial charge in [-0.05, 0) is 37.2 Å². The minimum atomic E-state index is 0.0873. The molecular weight excluding hydrogens is 334 g/mol. The van der Waals surface area contributed by atoms with Gasteiger partial charge in [-0.15, -0.1) is 5.10 Å². The Balaban J connectivity index is 1.59. The summed E-state index contributed by atoms with van der Waals surface area (Å²) in [6.45, 7) is 0. The minimum Gasteiger partial charge on any atom is -0.353 e. The van der Waals surface area contributed by atoms with Gasteiger partial charge in [0.2, 0.25) is 5.91 Å². The van der Waals surface area contributed by atoms with Gasteiger partial charge in [0.15, 0.2) is 8.29 Å². The summed E-state index contributed by atoms with van der Waals surface area (Å²) in [6.07, 6.45) is 4.66. The fraction of sp³-hybridized carbons (Fsp3) is 0.400. The second-order valence-electron chi connectivity index (χ2n) is 5.22. The molecule has 3 rings (SSSR count). The van der Waals surface area contributed by atoms with Gasteiger partial charge in [0, 0.05) is 6.04 Å². The average molecular weight is 352 g/mol. The summed E-state index contributed by atoms with van der Waals surface area (Å²) in [5, 5.41) is 7.58. The quantitative estimate of drug-likeness (QED) is 0.657. The minimum absolute atomic E-state index is 0.0873. The topological polar surface area (TPSA) is 46.9 Å². The van der Waals surface area contributed by atoms with Crippen LogP contribution in [0, 0.1) is 3.95 Å². The molecule has 1 heterocycles. The molecule has 4 nitrogen and oxygen atoms in total. The van der Waals surface area contributed by atoms with Crippen molar-refractivity contribution in [2.45, 2.75) is 36.1 Å². The maximum atomic E-state index is 11.9. The highest BCUT2D eigenvalue weighted by molar-refractivity contribution is 8.01. The van der Waals surface area contributed by atoms with Gasteiger partial charge in [-0.3, -0.25) is 4.79 Å². The van der Waals surface area contributed by atoms with Crippen LogP contribution in [0.2, 0.25) is 0 Å². The summed E-state index contributed by atoms with van der Waals surface area (Å²) in [7, 11) is 0. The summed E-state index contributed by atoms with van der Waals surface area (Å²) in [5.41, 5.74) is 0.950. The van der Waals surface area contributed by atoms with Crippen LogP contribution in [0.4, 0.5) is 0 Å². The van der Waals surface area contributed by atoms with Gasteiger partial charge in [-0.25, -0.2) is 4.68 Å². The number of hydrogen-bond acceptors (Lipinski definition) is 5. The molecule has 1 saturated carbocycles. The molecule has 1 amide bonds. The molecule has 0 radical (unpaired) electrons. The van der Waals surface area contributed by atoms with E-state index in [1.165, 1.54) is 35.9 Å². The number of nitrogens with zero attached hydrogens (tertiary/aromatic N) is 2. The number of amides is 1. The van der Waals surface area contributed by atoms with Crippen LogP contribution in [0.5, 0.6) is 0 Å². The van der Waals surface area contributed by atoms with Gasteiger partial charge in [0.25, 0.3) is 0 Å². The average Bonchev–Trinajstić information content (AvgIpc) is 3.16. The van der Waals surface area contributed by atoms with Crippen molar-refractivity contribution < 1.29 is 4.79 Å². The Morgan fingerprint density at radius 1 is 1.36 bits per heavy atom. The molecule has 0 unspecified atom stereocenters. The van der Waals surface area contributed by atoms with E-state index in [0.29, 0.717) is 15.7 Å². The molecule has 7 heteroatoms. The van der Waals surface area contributed by atoms with Crippen molar-refractivity contribution in [1.82, 2.24) is 15.1 Å². The molecule has 1 aliphatic carbocycles. The molecular formula is C15H17N3OS3. The Morgan fingerprint density at radius 2 is 2.09 bits per heavy atom. The Bertz CT molecular complexity index is 690. The first kappa shape index (κ1) is 15.7. The van der Waals surface area contributed by atoms with E-state index in [9.17, 15) is 4.79 Å². The highest BCUT2D eigenvalue weighted by atomic mass is 32.2. The maximum Gasteiger partial charge on any atom is 0.230 e. The van der Waals surface area contributed by atoms with Crippen LogP contribution in [0.15, 0.2) is 34.7 Å². The second-order valence-corrected chi connectivity index (χ2v) is 8.06. The molecule has 2 aromatic rings. The molecule has 1 aliphatic rings. The van der Waals surface area contributed by atoms with E-state index < -0.39 is 0 Å². The van der Waals surface area contributed by atoms with Crippen LogP contribution in [-0.2, 0) is 4.79 Å². The van der Waals surface area contributed by atoms with Gasteiger partial charge >= 0.3 is 0 Å². The first-order chi connectivity index (χ1) is 10.7. The van der Waals surface area contributed by atoms with Crippen LogP contribution >= 0.6 is 35.3 Å². The standard InChI is InChI=1S/C15H17N3OS3/c19-13(16-11-6-4-5-7-11)10-21-14-17-18(15(20)22-14)12-8-2-1-3-9-12/h1-3,8-9,11H,4-7,10H2,(H,16,19). The first-order valence-electron chi connectivity index (χ1n) is 7.30. The number of thioether (sulfide) groups is 1. The van der Waals surface area contributed by atoms with Crippen molar-refractivity contribution in [3.05, 3.63) is 34.3 Å². The summed E-state index contributed by atoms with van der Waals surface area (Å²) in [5.74, 6) is 0.484. The van der Waals surface area contributed by atoms with E-state index in [1.807, 2.05) is 30.3 Å². The lowest BCUT2D eigenvalue weighted by Crippen LogP contribution is -2.33. The van der Waals surface area contributed by atoms with E-state index >= 15 is 0 Å². The van der Waals surface area contributed by atoms with Crippen molar-refractivity contribution in [2.24, 2.45) is 0 Å². The number of rotatable bonds is 5. The monoisotopic (exact) mass is 351 g/mol. The van der Waals surface area contributed by atoms with Crippen molar-refractivity contribution in [2.75, 3.05) is 5.75 Å². The highest BCUT2D eigenvalue weighted by Gasteiger charge is 2.17. The lowest BCUT2D eigenvalue weighted by Gasteiger charge is -2.10. The lowest BCUT2D eigenvalue weighted by atomic mass is 10.2. The van der Waals surface area contributed by atoms with E-state index in [0.717, 1.165) is 22.9 Å². The number of benzene rings is 1.